The van der Waals surface area contributed by atoms with Crippen LogP contribution in [0.25, 0.3) is 6.08 Å². The van der Waals surface area contributed by atoms with E-state index in [2.05, 4.69) is 0 Å². The van der Waals surface area contributed by atoms with Crippen molar-refractivity contribution < 1.29 is 9.53 Å². The van der Waals surface area contributed by atoms with E-state index in [1.807, 2.05) is 49.6 Å². The number of thiophene rings is 1. The Hall–Kier alpha value is -1.87. The molecule has 2 rings (SSSR count). The molecule has 92 valence electrons. The summed E-state index contributed by atoms with van der Waals surface area (Å²) in [6.45, 7) is 3.96. The normalized spacial score (nSPS) is 10.8. The smallest absolute Gasteiger partial charge is 0.336 e. The first-order valence-electron chi connectivity index (χ1n) is 5.65. The third-order valence-corrected chi connectivity index (χ3v) is 3.18. The Kier molecular flexibility index (Phi) is 3.95. The van der Waals surface area contributed by atoms with E-state index in [4.69, 9.17) is 4.74 Å². The van der Waals surface area contributed by atoms with Crippen molar-refractivity contribution in [1.82, 2.24) is 0 Å². The monoisotopic (exact) mass is 258 g/mol. The van der Waals surface area contributed by atoms with E-state index in [0.717, 1.165) is 16.0 Å². The minimum absolute atomic E-state index is 0.353. The summed E-state index contributed by atoms with van der Waals surface area (Å²) in [6, 6.07) is 9.64. The SMILES string of the molecule is Cc1cc(C)cc(OC(=O)/C=C/c2cccs2)c1. The molecule has 18 heavy (non-hydrogen) atoms. The standard InChI is InChI=1S/C15H14O2S/c1-11-8-12(2)10-13(9-11)17-15(16)6-5-14-4-3-7-18-14/h3-10H,1-2H3/b6-5+. The van der Waals surface area contributed by atoms with Gasteiger partial charge in [-0.2, -0.15) is 0 Å². The summed E-state index contributed by atoms with van der Waals surface area (Å²) in [7, 11) is 0. The Morgan fingerprint density at radius 2 is 1.94 bits per heavy atom. The molecule has 1 aromatic heterocycles. The van der Waals surface area contributed by atoms with Crippen LogP contribution in [0.1, 0.15) is 16.0 Å². The maximum absolute atomic E-state index is 11.6. The van der Waals surface area contributed by atoms with E-state index >= 15 is 0 Å². The lowest BCUT2D eigenvalue weighted by atomic mass is 10.1. The second-order valence-electron chi connectivity index (χ2n) is 4.09. The lowest BCUT2D eigenvalue weighted by Crippen LogP contribution is -2.03. The summed E-state index contributed by atoms with van der Waals surface area (Å²) in [5.74, 6) is 0.238. The first-order chi connectivity index (χ1) is 8.63. The molecule has 0 unspecified atom stereocenters. The largest absolute Gasteiger partial charge is 0.423 e. The van der Waals surface area contributed by atoms with Crippen LogP contribution in [0.3, 0.4) is 0 Å². The number of ether oxygens (including phenoxy) is 1. The van der Waals surface area contributed by atoms with Gasteiger partial charge in [-0.05, 0) is 54.6 Å². The average Bonchev–Trinajstić information content (AvgIpc) is 2.77. The summed E-state index contributed by atoms with van der Waals surface area (Å²) in [6.07, 6.45) is 3.21. The lowest BCUT2D eigenvalue weighted by Gasteiger charge is -2.04. The minimum atomic E-state index is -0.353. The third kappa shape index (κ3) is 3.57. The maximum atomic E-state index is 11.6. The predicted molar refractivity (Wildman–Crippen MR) is 74.9 cm³/mol. The van der Waals surface area contributed by atoms with Crippen LogP contribution in [0.5, 0.6) is 5.75 Å². The molecule has 0 saturated heterocycles. The Labute approximate surface area is 111 Å². The highest BCUT2D eigenvalue weighted by atomic mass is 32.1. The van der Waals surface area contributed by atoms with Crippen LogP contribution in [-0.4, -0.2) is 5.97 Å². The van der Waals surface area contributed by atoms with Gasteiger partial charge in [0.05, 0.1) is 0 Å². The lowest BCUT2D eigenvalue weighted by molar-refractivity contribution is -0.128. The summed E-state index contributed by atoms with van der Waals surface area (Å²) in [5, 5.41) is 1.97. The molecule has 0 radical (unpaired) electrons. The van der Waals surface area contributed by atoms with Gasteiger partial charge in [0.15, 0.2) is 0 Å². The van der Waals surface area contributed by atoms with Crippen LogP contribution < -0.4 is 4.74 Å². The number of rotatable bonds is 3. The summed E-state index contributed by atoms with van der Waals surface area (Å²) >= 11 is 1.58. The molecular formula is C15H14O2S. The number of benzene rings is 1. The Morgan fingerprint density at radius 3 is 2.56 bits per heavy atom. The fourth-order valence-corrected chi connectivity index (χ4v) is 2.30. The quantitative estimate of drug-likeness (QED) is 0.473. The number of esters is 1. The van der Waals surface area contributed by atoms with Crippen molar-refractivity contribution in [2.24, 2.45) is 0 Å². The minimum Gasteiger partial charge on any atom is -0.423 e. The van der Waals surface area contributed by atoms with Crippen molar-refractivity contribution in [3.8, 4) is 5.75 Å². The summed E-state index contributed by atoms with van der Waals surface area (Å²) in [4.78, 5) is 12.7. The van der Waals surface area contributed by atoms with Crippen LogP contribution in [0.4, 0.5) is 0 Å². The van der Waals surface area contributed by atoms with E-state index in [1.54, 1.807) is 17.4 Å². The van der Waals surface area contributed by atoms with Gasteiger partial charge in [-0.15, -0.1) is 11.3 Å². The fraction of sp³-hybridized carbons (Fsp3) is 0.133. The number of carbonyl (C=O) groups excluding carboxylic acids is 1. The molecule has 1 aromatic carbocycles. The van der Waals surface area contributed by atoms with Crippen molar-refractivity contribution in [1.29, 1.82) is 0 Å². The van der Waals surface area contributed by atoms with E-state index in [1.165, 1.54) is 6.08 Å². The van der Waals surface area contributed by atoms with E-state index in [0.29, 0.717) is 5.75 Å². The van der Waals surface area contributed by atoms with E-state index < -0.39 is 0 Å². The molecule has 0 spiro atoms. The van der Waals surface area contributed by atoms with Crippen molar-refractivity contribution in [2.75, 3.05) is 0 Å². The molecule has 0 saturated carbocycles. The van der Waals surface area contributed by atoms with Gasteiger partial charge < -0.3 is 4.74 Å². The Morgan fingerprint density at radius 1 is 1.22 bits per heavy atom. The molecule has 1 heterocycles. The highest BCUT2D eigenvalue weighted by Gasteiger charge is 2.02. The molecule has 2 aromatic rings. The van der Waals surface area contributed by atoms with Gasteiger partial charge in [0.2, 0.25) is 0 Å². The number of hydrogen-bond donors (Lipinski definition) is 0. The van der Waals surface area contributed by atoms with E-state index in [-0.39, 0.29) is 5.97 Å². The number of aryl methyl sites for hydroxylation is 2. The predicted octanol–water partition coefficient (Wildman–Crippen LogP) is 3.98. The zero-order valence-corrected chi connectivity index (χ0v) is 11.2. The molecule has 2 nitrogen and oxygen atoms in total. The zero-order chi connectivity index (χ0) is 13.0. The van der Waals surface area contributed by atoms with Crippen LogP contribution in [0, 0.1) is 13.8 Å². The second kappa shape index (κ2) is 5.65. The van der Waals surface area contributed by atoms with Gasteiger partial charge in [0, 0.05) is 11.0 Å². The van der Waals surface area contributed by atoms with Crippen molar-refractivity contribution in [2.45, 2.75) is 13.8 Å². The fourth-order valence-electron chi connectivity index (χ4n) is 1.68. The molecule has 0 aliphatic carbocycles. The van der Waals surface area contributed by atoms with Gasteiger partial charge in [-0.3, -0.25) is 0 Å². The molecule has 0 aliphatic rings. The Balaban J connectivity index is 2.03. The van der Waals surface area contributed by atoms with Gasteiger partial charge >= 0.3 is 5.97 Å². The number of hydrogen-bond acceptors (Lipinski definition) is 3. The van der Waals surface area contributed by atoms with Gasteiger partial charge in [0.1, 0.15) is 5.75 Å². The van der Waals surface area contributed by atoms with E-state index in [9.17, 15) is 4.79 Å². The van der Waals surface area contributed by atoms with Gasteiger partial charge in [0.25, 0.3) is 0 Å². The molecule has 3 heteroatoms. The first-order valence-corrected chi connectivity index (χ1v) is 6.53. The molecule has 0 aliphatic heterocycles. The molecule has 0 amide bonds. The molecule has 0 bridgehead atoms. The van der Waals surface area contributed by atoms with Gasteiger partial charge in [-0.1, -0.05) is 12.1 Å². The molecule has 0 atom stereocenters. The van der Waals surface area contributed by atoms with Crippen molar-refractivity contribution >= 4 is 23.4 Å². The Bertz CT molecular complexity index is 548. The van der Waals surface area contributed by atoms with Crippen LogP contribution in [-0.2, 0) is 4.79 Å². The topological polar surface area (TPSA) is 26.3 Å². The van der Waals surface area contributed by atoms with Crippen molar-refractivity contribution in [3.05, 3.63) is 57.8 Å². The highest BCUT2D eigenvalue weighted by Crippen LogP contribution is 2.17. The molecular weight excluding hydrogens is 244 g/mol. The summed E-state index contributed by atoms with van der Waals surface area (Å²) < 4.78 is 5.25. The molecule has 0 fully saturated rings. The van der Waals surface area contributed by atoms with Crippen molar-refractivity contribution in [3.63, 3.8) is 0 Å². The van der Waals surface area contributed by atoms with Crippen LogP contribution in [0.15, 0.2) is 41.8 Å². The number of carbonyl (C=O) groups is 1. The summed E-state index contributed by atoms with van der Waals surface area (Å²) in [5.41, 5.74) is 2.17. The van der Waals surface area contributed by atoms with Gasteiger partial charge in [-0.25, -0.2) is 4.79 Å². The molecule has 0 N–H and O–H groups in total. The first kappa shape index (κ1) is 12.6. The highest BCUT2D eigenvalue weighted by molar-refractivity contribution is 7.10. The second-order valence-corrected chi connectivity index (χ2v) is 5.07. The zero-order valence-electron chi connectivity index (χ0n) is 10.3. The van der Waals surface area contributed by atoms with Crippen LogP contribution in [0.2, 0.25) is 0 Å². The third-order valence-electron chi connectivity index (χ3n) is 2.34. The maximum Gasteiger partial charge on any atom is 0.336 e. The average molecular weight is 258 g/mol. The van der Waals surface area contributed by atoms with Crippen LogP contribution >= 0.6 is 11.3 Å².